The molecule has 2 aliphatic heterocycles. The Bertz CT molecular complexity index is 1050. The number of carbonyl (C=O) groups excluding carboxylic acids is 4. The molecule has 14 heteroatoms. The molecule has 0 radical (unpaired) electrons. The van der Waals surface area contributed by atoms with Crippen LogP contribution in [0.3, 0.4) is 0 Å². The van der Waals surface area contributed by atoms with Crippen molar-refractivity contribution >= 4 is 35.6 Å². The number of carboxylic acids is 1. The van der Waals surface area contributed by atoms with Crippen LogP contribution in [0, 0.1) is 0 Å². The number of guanidine groups is 1. The highest BCUT2D eigenvalue weighted by Crippen LogP contribution is 2.23. The van der Waals surface area contributed by atoms with Crippen LogP contribution in [0.15, 0.2) is 4.99 Å². The number of unbranched alkanes of at least 4 members (excludes halogenated alkanes) is 9. The van der Waals surface area contributed by atoms with E-state index in [0.717, 1.165) is 25.7 Å². The molecule has 0 aromatic rings. The van der Waals surface area contributed by atoms with Crippen molar-refractivity contribution in [1.29, 1.82) is 0 Å². The highest BCUT2D eigenvalue weighted by atomic mass is 16.4. The first-order valence-corrected chi connectivity index (χ1v) is 18.3. The summed E-state index contributed by atoms with van der Waals surface area (Å²) in [4.78, 5) is 72.6. The lowest BCUT2D eigenvalue weighted by Gasteiger charge is -2.31. The second-order valence-electron chi connectivity index (χ2n) is 13.2. The molecule has 9 N–H and O–H groups in total. The summed E-state index contributed by atoms with van der Waals surface area (Å²) >= 11 is 0. The van der Waals surface area contributed by atoms with Crippen LogP contribution >= 0.6 is 0 Å². The van der Waals surface area contributed by atoms with Gasteiger partial charge in [-0.05, 0) is 70.8 Å². The fourth-order valence-corrected chi connectivity index (χ4v) is 6.63. The minimum absolute atomic E-state index is 0.0530. The molecule has 2 rings (SSSR count). The average molecular weight is 679 g/mol. The number of nitrogens with zero attached hydrogens (tertiary/aromatic N) is 3. The Morgan fingerprint density at radius 3 is 1.88 bits per heavy atom. The number of hydrogen-bond donors (Lipinski definition) is 6. The molecule has 48 heavy (non-hydrogen) atoms. The predicted molar refractivity (Wildman–Crippen MR) is 186 cm³/mol. The summed E-state index contributed by atoms with van der Waals surface area (Å²) in [5.41, 5.74) is 16.6. The summed E-state index contributed by atoms with van der Waals surface area (Å²) in [6, 6.07) is -3.50. The van der Waals surface area contributed by atoms with E-state index in [9.17, 15) is 29.1 Å². The van der Waals surface area contributed by atoms with E-state index in [1.807, 2.05) is 0 Å². The Kier molecular flexibility index (Phi) is 19.5. The molecule has 0 unspecified atom stereocenters. The van der Waals surface area contributed by atoms with Crippen molar-refractivity contribution in [3.8, 4) is 0 Å². The zero-order valence-electron chi connectivity index (χ0n) is 29.1. The fraction of sp³-hybridized carbons (Fsp3) is 0.824. The van der Waals surface area contributed by atoms with Gasteiger partial charge in [0, 0.05) is 26.1 Å². The summed E-state index contributed by atoms with van der Waals surface area (Å²) in [7, 11) is 0. The van der Waals surface area contributed by atoms with Crippen LogP contribution in [0.25, 0.3) is 0 Å². The van der Waals surface area contributed by atoms with Crippen LogP contribution in [0.1, 0.15) is 129 Å². The Hall–Kier alpha value is -3.42. The number of nitrogens with two attached hydrogens (primary N) is 3. The predicted octanol–water partition coefficient (Wildman–Crippen LogP) is 2.13. The van der Waals surface area contributed by atoms with Crippen LogP contribution in [0.5, 0.6) is 0 Å². The molecule has 274 valence electrons. The second kappa shape index (κ2) is 23.0. The molecular weight excluding hydrogens is 616 g/mol. The number of nitrogens with one attached hydrogen (secondary N) is 2. The third-order valence-electron chi connectivity index (χ3n) is 9.31. The van der Waals surface area contributed by atoms with Gasteiger partial charge < -0.3 is 42.7 Å². The lowest BCUT2D eigenvalue weighted by Crippen LogP contribution is -2.57. The van der Waals surface area contributed by atoms with E-state index in [1.54, 1.807) is 0 Å². The average Bonchev–Trinajstić information content (AvgIpc) is 3.75. The molecule has 14 nitrogen and oxygen atoms in total. The fourth-order valence-electron chi connectivity index (χ4n) is 6.63. The zero-order valence-corrected chi connectivity index (χ0v) is 29.1. The monoisotopic (exact) mass is 678 g/mol. The number of rotatable bonds is 24. The Balaban J connectivity index is 2.05. The maximum absolute atomic E-state index is 13.9. The van der Waals surface area contributed by atoms with Crippen LogP contribution in [0.2, 0.25) is 0 Å². The minimum Gasteiger partial charge on any atom is -0.480 e. The van der Waals surface area contributed by atoms with Gasteiger partial charge in [-0.2, -0.15) is 0 Å². The van der Waals surface area contributed by atoms with Crippen molar-refractivity contribution in [2.75, 3.05) is 26.2 Å². The standard InChI is InChI=1S/C34H62N8O6/c1-2-3-4-5-6-7-8-9-10-20-29(43)39-25(17-13-22-38-34(36)37)31(45)41-23-14-18-27(41)30(44)40-26(16-11-12-21-35)32(46)42-24-15-19-28(42)33(47)48/h25-28H,2-24,35H2,1H3,(H,39,43)(H,40,44)(H,47,48)(H4,36,37,38)/t25-,26-,27-,28-/m0/s1. The van der Waals surface area contributed by atoms with Crippen molar-refractivity contribution < 1.29 is 29.1 Å². The topological polar surface area (TPSA) is 227 Å². The van der Waals surface area contributed by atoms with Gasteiger partial charge in [0.2, 0.25) is 23.6 Å². The van der Waals surface area contributed by atoms with Gasteiger partial charge in [0.15, 0.2) is 5.96 Å². The first kappa shape index (κ1) is 40.8. The van der Waals surface area contributed by atoms with E-state index < -0.39 is 42.0 Å². The molecule has 4 amide bonds. The first-order chi connectivity index (χ1) is 23.1. The van der Waals surface area contributed by atoms with Crippen LogP contribution in [-0.2, 0) is 24.0 Å². The van der Waals surface area contributed by atoms with E-state index in [-0.39, 0.29) is 17.8 Å². The van der Waals surface area contributed by atoms with Gasteiger partial charge in [0.05, 0.1) is 0 Å². The molecule has 0 saturated carbocycles. The van der Waals surface area contributed by atoms with Gasteiger partial charge in [-0.3, -0.25) is 24.2 Å². The molecule has 2 aliphatic rings. The number of aliphatic imine (C=N–C) groups is 1. The van der Waals surface area contributed by atoms with Gasteiger partial charge in [-0.1, -0.05) is 58.3 Å². The Morgan fingerprint density at radius 1 is 0.750 bits per heavy atom. The lowest BCUT2D eigenvalue weighted by molar-refractivity contribution is -0.150. The smallest absolute Gasteiger partial charge is 0.326 e. The van der Waals surface area contributed by atoms with E-state index >= 15 is 0 Å². The Morgan fingerprint density at radius 2 is 1.29 bits per heavy atom. The minimum atomic E-state index is -1.06. The molecule has 0 aliphatic carbocycles. The van der Waals surface area contributed by atoms with Gasteiger partial charge in [0.1, 0.15) is 24.2 Å². The number of aliphatic carboxylic acids is 1. The molecule has 0 spiro atoms. The molecule has 0 aromatic carbocycles. The molecule has 0 aromatic heterocycles. The molecule has 2 saturated heterocycles. The molecule has 4 atom stereocenters. The highest BCUT2D eigenvalue weighted by Gasteiger charge is 2.41. The molecule has 0 bridgehead atoms. The summed E-state index contributed by atoms with van der Waals surface area (Å²) < 4.78 is 0. The molecule has 2 fully saturated rings. The highest BCUT2D eigenvalue weighted by molar-refractivity contribution is 5.95. The Labute approximate surface area is 286 Å². The summed E-state index contributed by atoms with van der Waals surface area (Å²) in [6.07, 6.45) is 14.7. The number of hydrogen-bond acceptors (Lipinski definition) is 7. The number of carboxylic acid groups (broad SMARTS) is 1. The zero-order chi connectivity index (χ0) is 35.3. The van der Waals surface area contributed by atoms with Gasteiger partial charge in [-0.15, -0.1) is 0 Å². The summed E-state index contributed by atoms with van der Waals surface area (Å²) in [6.45, 7) is 3.58. The third-order valence-corrected chi connectivity index (χ3v) is 9.31. The van der Waals surface area contributed by atoms with Crippen LogP contribution in [-0.4, -0.2) is 101 Å². The van der Waals surface area contributed by atoms with E-state index in [2.05, 4.69) is 22.5 Å². The maximum Gasteiger partial charge on any atom is 0.326 e. The number of carbonyl (C=O) groups is 5. The van der Waals surface area contributed by atoms with Crippen molar-refractivity contribution in [3.63, 3.8) is 0 Å². The largest absolute Gasteiger partial charge is 0.480 e. The van der Waals surface area contributed by atoms with E-state index in [1.165, 1.54) is 41.9 Å². The third kappa shape index (κ3) is 14.4. The van der Waals surface area contributed by atoms with Gasteiger partial charge >= 0.3 is 5.97 Å². The van der Waals surface area contributed by atoms with Gasteiger partial charge in [0.25, 0.3) is 0 Å². The van der Waals surface area contributed by atoms with Crippen molar-refractivity contribution in [3.05, 3.63) is 0 Å². The number of likely N-dealkylation sites (tertiary alicyclic amines) is 2. The van der Waals surface area contributed by atoms with E-state index in [4.69, 9.17) is 17.2 Å². The normalized spacial score (nSPS) is 18.7. The SMILES string of the molecule is CCCCCCCCCCCC(=O)N[C@@H](CCCN=C(N)N)C(=O)N1CCC[C@H]1C(=O)N[C@@H](CCCCN)C(=O)N1CCC[C@H]1C(=O)O. The van der Waals surface area contributed by atoms with Crippen LogP contribution < -0.4 is 27.8 Å². The van der Waals surface area contributed by atoms with Crippen LogP contribution in [0.4, 0.5) is 0 Å². The summed E-state index contributed by atoms with van der Waals surface area (Å²) in [5, 5.41) is 15.4. The van der Waals surface area contributed by atoms with Crippen molar-refractivity contribution in [1.82, 2.24) is 20.4 Å². The van der Waals surface area contributed by atoms with Crippen molar-refractivity contribution in [2.24, 2.45) is 22.2 Å². The van der Waals surface area contributed by atoms with E-state index in [0.29, 0.717) is 90.4 Å². The quantitative estimate of drug-likeness (QED) is 0.0499. The van der Waals surface area contributed by atoms with Crippen molar-refractivity contribution in [2.45, 2.75) is 153 Å². The first-order valence-electron chi connectivity index (χ1n) is 18.3. The molecular formula is C34H62N8O6. The summed E-state index contributed by atoms with van der Waals surface area (Å²) in [5.74, 6) is -2.56. The molecule has 2 heterocycles. The second-order valence-corrected chi connectivity index (χ2v) is 13.2. The number of amides is 4. The maximum atomic E-state index is 13.9. The lowest BCUT2D eigenvalue weighted by atomic mass is 10.0. The van der Waals surface area contributed by atoms with Gasteiger partial charge in [-0.25, -0.2) is 4.79 Å².